The van der Waals surface area contributed by atoms with Gasteiger partial charge in [0, 0.05) is 6.20 Å². The van der Waals surface area contributed by atoms with Gasteiger partial charge in [-0.2, -0.15) is 0 Å². The maximum absolute atomic E-state index is 4.62. The van der Waals surface area contributed by atoms with Crippen LogP contribution in [0.25, 0.3) is 0 Å². The van der Waals surface area contributed by atoms with Gasteiger partial charge in [-0.1, -0.05) is 26.7 Å². The van der Waals surface area contributed by atoms with Gasteiger partial charge < -0.3 is 0 Å². The molecule has 0 atom stereocenters. The van der Waals surface area contributed by atoms with Crippen molar-refractivity contribution in [2.75, 3.05) is 0 Å². The second-order valence-electron chi connectivity index (χ2n) is 3.96. The zero-order valence-electron chi connectivity index (χ0n) is 9.92. The summed E-state index contributed by atoms with van der Waals surface area (Å²) in [6.07, 6.45) is 8.70. The molecule has 15 heavy (non-hydrogen) atoms. The van der Waals surface area contributed by atoms with Crippen LogP contribution in [0.4, 0.5) is 0 Å². The molecule has 2 heteroatoms. The summed E-state index contributed by atoms with van der Waals surface area (Å²) in [6.45, 7) is 8.31. The van der Waals surface area contributed by atoms with Gasteiger partial charge in [-0.3, -0.25) is 9.97 Å². The Morgan fingerprint density at radius 2 is 1.80 bits per heavy atom. The third-order valence-corrected chi connectivity index (χ3v) is 2.53. The molecule has 0 aliphatic carbocycles. The Morgan fingerprint density at radius 3 is 2.47 bits per heavy atom. The molecule has 0 spiro atoms. The quantitative estimate of drug-likeness (QED) is 0.711. The third kappa shape index (κ3) is 3.98. The van der Waals surface area contributed by atoms with E-state index in [2.05, 4.69) is 30.7 Å². The Balaban J connectivity index is 2.66. The van der Waals surface area contributed by atoms with Crippen LogP contribution in [0.2, 0.25) is 0 Å². The molecule has 1 rings (SSSR count). The van der Waals surface area contributed by atoms with Crippen molar-refractivity contribution in [3.8, 4) is 0 Å². The second kappa shape index (κ2) is 6.54. The van der Waals surface area contributed by atoms with Crippen LogP contribution in [0.15, 0.2) is 6.20 Å². The van der Waals surface area contributed by atoms with Crippen LogP contribution < -0.4 is 0 Å². The van der Waals surface area contributed by atoms with Crippen molar-refractivity contribution in [2.24, 2.45) is 0 Å². The molecule has 1 aromatic rings. The molecule has 0 aliphatic heterocycles. The lowest BCUT2D eigenvalue weighted by Gasteiger charge is -2.06. The zero-order chi connectivity index (χ0) is 11.1. The Bertz CT molecular complexity index is 295. The van der Waals surface area contributed by atoms with Crippen molar-refractivity contribution in [1.82, 2.24) is 9.97 Å². The molecule has 0 unspecified atom stereocenters. The molecule has 0 fully saturated rings. The predicted molar refractivity (Wildman–Crippen MR) is 63.7 cm³/mol. The van der Waals surface area contributed by atoms with E-state index in [-0.39, 0.29) is 0 Å². The van der Waals surface area contributed by atoms with Crippen LogP contribution in [0.3, 0.4) is 0 Å². The summed E-state index contributed by atoms with van der Waals surface area (Å²) in [5.41, 5.74) is 3.06. The molecule has 1 heterocycles. The molecule has 2 nitrogen and oxygen atoms in total. The Morgan fingerprint density at radius 1 is 1.13 bits per heavy atom. The lowest BCUT2D eigenvalue weighted by molar-refractivity contribution is 0.734. The Kier molecular flexibility index (Phi) is 5.30. The fraction of sp³-hybridized carbons (Fsp3) is 0.615. The molecule has 0 saturated carbocycles. The smallest absolute Gasteiger partial charge is 0.0622 e. The van der Waals surface area contributed by atoms with Crippen LogP contribution in [0, 0.1) is 6.92 Å². The van der Waals surface area contributed by atoms with E-state index in [9.17, 15) is 0 Å². The minimum Gasteiger partial charge on any atom is -0.257 e. The molecule has 83 valence electrons. The number of hydrogen-bond acceptors (Lipinski definition) is 2. The first-order valence-electron chi connectivity index (χ1n) is 5.94. The fourth-order valence-electron chi connectivity index (χ4n) is 1.52. The molecular formula is C13H21N2. The highest BCUT2D eigenvalue weighted by Crippen LogP contribution is 2.09. The highest BCUT2D eigenvalue weighted by atomic mass is 14.8. The topological polar surface area (TPSA) is 25.8 Å². The van der Waals surface area contributed by atoms with Gasteiger partial charge in [-0.25, -0.2) is 0 Å². The zero-order valence-corrected chi connectivity index (χ0v) is 9.92. The lowest BCUT2D eigenvalue weighted by Crippen LogP contribution is -2.01. The molecule has 0 bridgehead atoms. The normalized spacial score (nSPS) is 10.6. The van der Waals surface area contributed by atoms with Gasteiger partial charge >= 0.3 is 0 Å². The van der Waals surface area contributed by atoms with Gasteiger partial charge in [-0.05, 0) is 32.6 Å². The molecule has 0 N–H and O–H groups in total. The summed E-state index contributed by atoms with van der Waals surface area (Å²) in [5.74, 6) is 0. The molecule has 0 aromatic carbocycles. The first-order chi connectivity index (χ1) is 7.27. The monoisotopic (exact) mass is 205 g/mol. The van der Waals surface area contributed by atoms with Gasteiger partial charge in [0.1, 0.15) is 0 Å². The number of aryl methyl sites for hydroxylation is 2. The molecule has 1 radical (unpaired) electrons. The maximum atomic E-state index is 4.62. The SMILES string of the molecule is [CH2]c1ncc(CCCC)nc1CCCC. The van der Waals surface area contributed by atoms with Crippen molar-refractivity contribution in [1.29, 1.82) is 0 Å². The number of hydrogen-bond donors (Lipinski definition) is 0. The van der Waals surface area contributed by atoms with Crippen molar-refractivity contribution in [2.45, 2.75) is 52.4 Å². The van der Waals surface area contributed by atoms with Gasteiger partial charge in [0.2, 0.25) is 0 Å². The summed E-state index contributed by atoms with van der Waals surface area (Å²) in [6, 6.07) is 0. The molecular weight excluding hydrogens is 184 g/mol. The van der Waals surface area contributed by atoms with Crippen molar-refractivity contribution in [3.63, 3.8) is 0 Å². The summed E-state index contributed by atoms with van der Waals surface area (Å²) in [4.78, 5) is 8.93. The minimum absolute atomic E-state index is 0.851. The predicted octanol–water partition coefficient (Wildman–Crippen LogP) is 3.34. The van der Waals surface area contributed by atoms with E-state index in [0.29, 0.717) is 0 Å². The van der Waals surface area contributed by atoms with Gasteiger partial charge in [0.15, 0.2) is 0 Å². The first kappa shape index (κ1) is 12.2. The molecule has 0 aliphatic rings. The first-order valence-corrected chi connectivity index (χ1v) is 5.94. The van der Waals surface area contributed by atoms with Crippen LogP contribution >= 0.6 is 0 Å². The average Bonchev–Trinajstić information content (AvgIpc) is 2.26. The van der Waals surface area contributed by atoms with Crippen molar-refractivity contribution >= 4 is 0 Å². The van der Waals surface area contributed by atoms with E-state index >= 15 is 0 Å². The standard InChI is InChI=1S/C13H21N2/c1-4-6-8-12-10-14-11(3)13(15-12)9-7-5-2/h10H,3-9H2,1-2H3. The Labute approximate surface area is 93.2 Å². The molecule has 0 amide bonds. The van der Waals surface area contributed by atoms with E-state index in [4.69, 9.17) is 0 Å². The van der Waals surface area contributed by atoms with Gasteiger partial charge in [0.25, 0.3) is 0 Å². The number of unbranched alkanes of at least 4 members (excludes halogenated alkanes) is 2. The third-order valence-electron chi connectivity index (χ3n) is 2.53. The van der Waals surface area contributed by atoms with Crippen LogP contribution in [-0.2, 0) is 12.8 Å². The van der Waals surface area contributed by atoms with Gasteiger partial charge in [0.05, 0.1) is 17.1 Å². The van der Waals surface area contributed by atoms with Crippen molar-refractivity contribution in [3.05, 3.63) is 30.2 Å². The van der Waals surface area contributed by atoms with Crippen LogP contribution in [0.5, 0.6) is 0 Å². The average molecular weight is 205 g/mol. The fourth-order valence-corrected chi connectivity index (χ4v) is 1.52. The highest BCUT2D eigenvalue weighted by molar-refractivity contribution is 5.16. The van der Waals surface area contributed by atoms with Gasteiger partial charge in [-0.15, -0.1) is 0 Å². The van der Waals surface area contributed by atoms with E-state index in [1.165, 1.54) is 25.7 Å². The van der Waals surface area contributed by atoms with E-state index in [1.54, 1.807) is 0 Å². The Hall–Kier alpha value is -0.920. The largest absolute Gasteiger partial charge is 0.257 e. The number of aromatic nitrogens is 2. The van der Waals surface area contributed by atoms with E-state index < -0.39 is 0 Å². The minimum atomic E-state index is 0.851. The summed E-state index contributed by atoms with van der Waals surface area (Å²) < 4.78 is 0. The summed E-state index contributed by atoms with van der Waals surface area (Å²) >= 11 is 0. The lowest BCUT2D eigenvalue weighted by atomic mass is 10.1. The van der Waals surface area contributed by atoms with E-state index in [1.807, 2.05) is 6.20 Å². The maximum Gasteiger partial charge on any atom is 0.0622 e. The van der Waals surface area contributed by atoms with E-state index in [0.717, 1.165) is 29.9 Å². The van der Waals surface area contributed by atoms with Crippen LogP contribution in [-0.4, -0.2) is 9.97 Å². The number of nitrogens with zero attached hydrogens (tertiary/aromatic N) is 2. The number of rotatable bonds is 6. The molecule has 1 aromatic heterocycles. The van der Waals surface area contributed by atoms with Crippen LogP contribution in [0.1, 0.15) is 56.6 Å². The highest BCUT2D eigenvalue weighted by Gasteiger charge is 2.03. The summed E-state index contributed by atoms with van der Waals surface area (Å²) in [7, 11) is 0. The molecule has 0 saturated heterocycles. The second-order valence-corrected chi connectivity index (χ2v) is 3.96. The summed E-state index contributed by atoms with van der Waals surface area (Å²) in [5, 5.41) is 0. The van der Waals surface area contributed by atoms with Crippen molar-refractivity contribution < 1.29 is 0 Å².